The van der Waals surface area contributed by atoms with Crippen molar-refractivity contribution in [3.8, 4) is 0 Å². The van der Waals surface area contributed by atoms with E-state index in [1.807, 2.05) is 19.9 Å². The maximum Gasteiger partial charge on any atom is 0.300 e. The number of hydrogen-bond donors (Lipinski definition) is 0. The van der Waals surface area contributed by atoms with E-state index in [4.69, 9.17) is 4.74 Å². The van der Waals surface area contributed by atoms with Crippen molar-refractivity contribution in [2.75, 3.05) is 21.1 Å². The first kappa shape index (κ1) is 21.0. The van der Waals surface area contributed by atoms with Crippen molar-refractivity contribution in [2.45, 2.75) is 47.1 Å². The number of allylic oxidation sites excluding steroid dienone is 5. The van der Waals surface area contributed by atoms with Gasteiger partial charge in [-0.3, -0.25) is 9.69 Å². The van der Waals surface area contributed by atoms with Crippen LogP contribution < -0.4 is 0 Å². The summed E-state index contributed by atoms with van der Waals surface area (Å²) in [6, 6.07) is 0.448. The van der Waals surface area contributed by atoms with Crippen molar-refractivity contribution in [1.82, 2.24) is 9.80 Å². The van der Waals surface area contributed by atoms with Crippen molar-refractivity contribution in [2.24, 2.45) is 16.8 Å². The summed E-state index contributed by atoms with van der Waals surface area (Å²) in [7, 11) is 5.82. The van der Waals surface area contributed by atoms with Gasteiger partial charge in [0.2, 0.25) is 0 Å². The van der Waals surface area contributed by atoms with Crippen molar-refractivity contribution in [3.63, 3.8) is 0 Å². The molecule has 2 rings (SSSR count). The number of ether oxygens (including phenoxy) is 1. The van der Waals surface area contributed by atoms with E-state index >= 15 is 0 Å². The van der Waals surface area contributed by atoms with E-state index in [0.29, 0.717) is 17.7 Å². The lowest BCUT2D eigenvalue weighted by molar-refractivity contribution is -0.122. The van der Waals surface area contributed by atoms with Crippen molar-refractivity contribution in [3.05, 3.63) is 46.9 Å². The molecule has 1 fully saturated rings. The van der Waals surface area contributed by atoms with Gasteiger partial charge in [-0.05, 0) is 44.8 Å². The average Bonchev–Trinajstić information content (AvgIpc) is 2.82. The van der Waals surface area contributed by atoms with Crippen LogP contribution in [0.3, 0.4) is 0 Å². The fourth-order valence-corrected chi connectivity index (χ4v) is 3.68. The molecule has 1 heterocycles. The Hall–Kier alpha value is -2.30. The Morgan fingerprint density at radius 2 is 2.04 bits per heavy atom. The van der Waals surface area contributed by atoms with E-state index in [1.165, 1.54) is 21.7 Å². The summed E-state index contributed by atoms with van der Waals surface area (Å²) in [5, 5.41) is 0. The maximum absolute atomic E-state index is 12.6. The number of rotatable bonds is 5. The Labute approximate surface area is 163 Å². The number of nitrogens with zero attached hydrogens (tertiary/aromatic N) is 3. The molecule has 0 spiro atoms. The summed E-state index contributed by atoms with van der Waals surface area (Å²) in [5.41, 5.74) is 3.76. The molecule has 1 aliphatic carbocycles. The Morgan fingerprint density at radius 1 is 1.37 bits per heavy atom. The van der Waals surface area contributed by atoms with Crippen LogP contribution in [0.5, 0.6) is 0 Å². The lowest BCUT2D eigenvalue weighted by Gasteiger charge is -2.29. The number of aliphatic imine (C=N–C) groups is 1. The van der Waals surface area contributed by atoms with Crippen LogP contribution in [0.25, 0.3) is 0 Å². The summed E-state index contributed by atoms with van der Waals surface area (Å²) < 4.78 is 5.78. The Bertz CT molecular complexity index is 739. The SMILES string of the molecule is C/C=C(\C1=C(C(C)/C=C2/OC(=NC(C)C)N(C)C2=O)C(C)CC=C1)N(C)C. The van der Waals surface area contributed by atoms with Gasteiger partial charge in [0.25, 0.3) is 11.9 Å². The highest BCUT2D eigenvalue weighted by Gasteiger charge is 2.33. The molecular weight excluding hydrogens is 338 g/mol. The fourth-order valence-electron chi connectivity index (χ4n) is 3.68. The quantitative estimate of drug-likeness (QED) is 0.683. The van der Waals surface area contributed by atoms with Gasteiger partial charge in [-0.25, -0.2) is 4.99 Å². The zero-order valence-corrected chi connectivity index (χ0v) is 17.9. The van der Waals surface area contributed by atoms with Crippen LogP contribution in [0, 0.1) is 11.8 Å². The van der Waals surface area contributed by atoms with Crippen LogP contribution in [-0.4, -0.2) is 48.9 Å². The number of carbonyl (C=O) groups is 1. The normalized spacial score (nSPS) is 25.1. The van der Waals surface area contributed by atoms with Crippen molar-refractivity contribution < 1.29 is 9.53 Å². The molecule has 5 heteroatoms. The molecule has 0 aromatic carbocycles. The largest absolute Gasteiger partial charge is 0.420 e. The van der Waals surface area contributed by atoms with Crippen LogP contribution in [-0.2, 0) is 9.53 Å². The Morgan fingerprint density at radius 3 is 2.59 bits per heavy atom. The van der Waals surface area contributed by atoms with E-state index in [-0.39, 0.29) is 17.9 Å². The first-order valence-electron chi connectivity index (χ1n) is 9.67. The summed E-state index contributed by atoms with van der Waals surface area (Å²) in [6.07, 6.45) is 9.51. The minimum atomic E-state index is -0.138. The maximum atomic E-state index is 12.6. The zero-order valence-electron chi connectivity index (χ0n) is 17.9. The smallest absolute Gasteiger partial charge is 0.300 e. The van der Waals surface area contributed by atoms with Crippen molar-refractivity contribution in [1.29, 1.82) is 0 Å². The highest BCUT2D eigenvalue weighted by atomic mass is 16.5. The minimum Gasteiger partial charge on any atom is -0.420 e. The highest BCUT2D eigenvalue weighted by molar-refractivity contribution is 6.08. The van der Waals surface area contributed by atoms with E-state index in [9.17, 15) is 4.79 Å². The molecule has 0 N–H and O–H groups in total. The average molecular weight is 372 g/mol. The second-order valence-electron chi connectivity index (χ2n) is 7.77. The third-order valence-corrected chi connectivity index (χ3v) is 4.91. The molecule has 0 aromatic rings. The number of carbonyl (C=O) groups excluding carboxylic acids is 1. The molecule has 2 aliphatic rings. The van der Waals surface area contributed by atoms with Gasteiger partial charge in [-0.2, -0.15) is 0 Å². The second-order valence-corrected chi connectivity index (χ2v) is 7.77. The Balaban J connectivity index is 2.43. The van der Waals surface area contributed by atoms with Gasteiger partial charge in [0.1, 0.15) is 0 Å². The molecule has 0 radical (unpaired) electrons. The van der Waals surface area contributed by atoms with Gasteiger partial charge in [0.05, 0.1) is 0 Å². The summed E-state index contributed by atoms with van der Waals surface area (Å²) >= 11 is 0. The number of hydrogen-bond acceptors (Lipinski definition) is 4. The molecule has 2 unspecified atom stereocenters. The predicted octanol–water partition coefficient (Wildman–Crippen LogP) is 4.12. The third kappa shape index (κ3) is 4.52. The van der Waals surface area contributed by atoms with Crippen LogP contribution in [0.2, 0.25) is 0 Å². The molecule has 27 heavy (non-hydrogen) atoms. The topological polar surface area (TPSA) is 45.1 Å². The first-order chi connectivity index (χ1) is 12.7. The van der Waals surface area contributed by atoms with Gasteiger partial charge < -0.3 is 9.64 Å². The van der Waals surface area contributed by atoms with E-state index < -0.39 is 0 Å². The fraction of sp³-hybridized carbons (Fsp3) is 0.545. The summed E-state index contributed by atoms with van der Waals surface area (Å²) in [4.78, 5) is 20.6. The van der Waals surface area contributed by atoms with Gasteiger partial charge >= 0.3 is 0 Å². The molecular formula is C22H33N3O2. The second kappa shape index (κ2) is 8.59. The van der Waals surface area contributed by atoms with E-state index in [2.05, 4.69) is 63.0 Å². The van der Waals surface area contributed by atoms with Gasteiger partial charge in [0, 0.05) is 38.8 Å². The van der Waals surface area contributed by atoms with Crippen LogP contribution in [0.1, 0.15) is 41.0 Å². The Kier molecular flexibility index (Phi) is 6.68. The van der Waals surface area contributed by atoms with E-state index in [0.717, 1.165) is 6.42 Å². The number of amides is 1. The molecule has 1 aliphatic heterocycles. The molecule has 0 bridgehead atoms. The van der Waals surface area contributed by atoms with Crippen molar-refractivity contribution >= 4 is 11.9 Å². The predicted molar refractivity (Wildman–Crippen MR) is 111 cm³/mol. The lowest BCUT2D eigenvalue weighted by Crippen LogP contribution is -2.25. The van der Waals surface area contributed by atoms with Crippen LogP contribution in [0.15, 0.2) is 51.9 Å². The van der Waals surface area contributed by atoms with E-state index in [1.54, 1.807) is 7.05 Å². The monoisotopic (exact) mass is 371 g/mol. The lowest BCUT2D eigenvalue weighted by atomic mass is 9.79. The minimum absolute atomic E-state index is 0.0715. The van der Waals surface area contributed by atoms with Gasteiger partial charge in [-0.1, -0.05) is 37.6 Å². The standard InChI is InChI=1S/C22H33N3O2/c1-9-18(24(6)7)17-12-10-11-15(4)20(17)16(5)13-19-21(26)25(8)22(27-19)23-14(2)3/h9-10,12-16H,11H2,1-8H3/b18-9+,19-13+,23-22?. The summed E-state index contributed by atoms with van der Waals surface area (Å²) in [6.45, 7) is 10.4. The van der Waals surface area contributed by atoms with Gasteiger partial charge in [0.15, 0.2) is 5.76 Å². The molecule has 1 saturated heterocycles. The highest BCUT2D eigenvalue weighted by Crippen LogP contribution is 2.36. The molecule has 0 aromatic heterocycles. The van der Waals surface area contributed by atoms with Crippen LogP contribution in [0.4, 0.5) is 0 Å². The molecule has 2 atom stereocenters. The molecule has 0 saturated carbocycles. The molecule has 148 valence electrons. The third-order valence-electron chi connectivity index (χ3n) is 4.91. The van der Waals surface area contributed by atoms with Crippen LogP contribution >= 0.6 is 0 Å². The number of likely N-dealkylation sites (N-methyl/N-ethyl adjacent to an activating group) is 2. The number of amidine groups is 1. The molecule has 1 amide bonds. The first-order valence-corrected chi connectivity index (χ1v) is 9.67. The zero-order chi connectivity index (χ0) is 20.3. The van der Waals surface area contributed by atoms with Gasteiger partial charge in [-0.15, -0.1) is 0 Å². The molecule has 5 nitrogen and oxygen atoms in total. The summed E-state index contributed by atoms with van der Waals surface area (Å²) in [5.74, 6) is 0.719.